The molecule has 0 aliphatic carbocycles. The van der Waals surface area contributed by atoms with Crippen LogP contribution in [0.25, 0.3) is 5.70 Å². The van der Waals surface area contributed by atoms with Gasteiger partial charge >= 0.3 is 5.95 Å². The number of nitrogens with zero attached hydrogens (tertiary/aromatic N) is 4. The highest BCUT2D eigenvalue weighted by molar-refractivity contribution is 7.92. The predicted octanol–water partition coefficient (Wildman–Crippen LogP) is 4.04. The number of carbonyl (C=O) groups is 1. The molecule has 0 atom stereocenters. The number of hydrazine groups is 1. The molecule has 0 bridgehead atoms. The maximum absolute atomic E-state index is 13.7. The second-order valence-electron chi connectivity index (χ2n) is 14.0. The lowest BCUT2D eigenvalue weighted by atomic mass is 9.86. The first-order chi connectivity index (χ1) is 24.0. The summed E-state index contributed by atoms with van der Waals surface area (Å²) in [5.74, 6) is 7.27. The van der Waals surface area contributed by atoms with Crippen molar-refractivity contribution in [1.82, 2.24) is 9.88 Å². The van der Waals surface area contributed by atoms with Gasteiger partial charge in [-0.2, -0.15) is 0 Å². The quantitative estimate of drug-likeness (QED) is 0.0875. The van der Waals surface area contributed by atoms with E-state index in [4.69, 9.17) is 16.3 Å². The number of rotatable bonds is 11. The summed E-state index contributed by atoms with van der Waals surface area (Å²) >= 11 is 0. The largest absolute Gasteiger partial charge is 0.492 e. The van der Waals surface area contributed by atoms with Gasteiger partial charge in [-0.05, 0) is 53.3 Å². The number of benzene rings is 3. The van der Waals surface area contributed by atoms with Gasteiger partial charge in [0.15, 0.2) is 11.4 Å². The Hall–Kier alpha value is -5.05. The minimum Gasteiger partial charge on any atom is -0.492 e. The number of amides is 1. The Morgan fingerprint density at radius 3 is 2.35 bits per heavy atom. The van der Waals surface area contributed by atoms with Crippen molar-refractivity contribution in [2.24, 2.45) is 18.6 Å². The molecule has 51 heavy (non-hydrogen) atoms. The van der Waals surface area contributed by atoms with Crippen LogP contribution in [-0.4, -0.2) is 63.8 Å². The molecule has 1 fully saturated rings. The molecular formula is C37H50N9O4S+. The Bertz CT molecular complexity index is 2010. The number of H-pyrrole nitrogens is 1. The molecule has 2 heterocycles. The zero-order valence-electron chi connectivity index (χ0n) is 30.4. The third-order valence-corrected chi connectivity index (χ3v) is 9.55. The third kappa shape index (κ3) is 9.01. The van der Waals surface area contributed by atoms with Crippen molar-refractivity contribution in [2.75, 3.05) is 59.5 Å². The molecule has 272 valence electrons. The average Bonchev–Trinajstić information content (AvgIpc) is 3.45. The fraction of sp³-hybridized carbons (Fsp3) is 0.351. The lowest BCUT2D eigenvalue weighted by Crippen LogP contribution is -2.50. The minimum atomic E-state index is -3.62. The SMILES string of the molecule is COc1c(NC(=O)c2ccc(C)c(N(N)/C=C(\N)c3c[nH]c(N4CCN(Cc5ccccc5)CC4)[n+]3C)c2)cc(C(C)(C)C)cc1NS(C)(=O)=O. The molecule has 1 aliphatic heterocycles. The number of aromatic amines is 1. The van der Waals surface area contributed by atoms with Crippen LogP contribution < -0.4 is 40.8 Å². The summed E-state index contributed by atoms with van der Waals surface area (Å²) in [4.78, 5) is 21.8. The number of ether oxygens (including phenoxy) is 1. The highest BCUT2D eigenvalue weighted by Gasteiger charge is 2.28. The lowest BCUT2D eigenvalue weighted by Gasteiger charge is -2.31. The number of aromatic nitrogens is 2. The molecule has 1 aromatic heterocycles. The van der Waals surface area contributed by atoms with E-state index in [1.807, 2.05) is 51.6 Å². The number of nitrogens with one attached hydrogen (secondary N) is 3. The second-order valence-corrected chi connectivity index (χ2v) is 15.7. The Kier molecular flexibility index (Phi) is 11.0. The van der Waals surface area contributed by atoms with Crippen LogP contribution in [0.1, 0.15) is 53.5 Å². The summed E-state index contributed by atoms with van der Waals surface area (Å²) in [7, 11) is -0.237. The molecule has 0 radical (unpaired) electrons. The molecule has 0 spiro atoms. The number of hydrogen-bond acceptors (Lipinski definition) is 9. The van der Waals surface area contributed by atoms with Gasteiger partial charge in [0.25, 0.3) is 5.91 Å². The van der Waals surface area contributed by atoms with Crippen molar-refractivity contribution in [3.63, 3.8) is 0 Å². The summed E-state index contributed by atoms with van der Waals surface area (Å²) in [6, 6.07) is 19.2. The first-order valence-corrected chi connectivity index (χ1v) is 18.7. The van der Waals surface area contributed by atoms with Gasteiger partial charge < -0.3 is 15.8 Å². The highest BCUT2D eigenvalue weighted by Crippen LogP contribution is 2.39. The van der Waals surface area contributed by atoms with E-state index in [0.717, 1.165) is 61.7 Å². The van der Waals surface area contributed by atoms with E-state index in [-0.39, 0.29) is 16.9 Å². The topological polar surface area (TPSA) is 166 Å². The van der Waals surface area contributed by atoms with Crippen molar-refractivity contribution >= 4 is 44.6 Å². The first kappa shape index (κ1) is 37.2. The van der Waals surface area contributed by atoms with Gasteiger partial charge in [-0.25, -0.2) is 23.8 Å². The molecule has 0 saturated carbocycles. The highest BCUT2D eigenvalue weighted by atomic mass is 32.2. The fourth-order valence-electron chi connectivity index (χ4n) is 6.14. The zero-order chi connectivity index (χ0) is 37.1. The number of hydrogen-bond donors (Lipinski definition) is 5. The monoisotopic (exact) mass is 716 g/mol. The van der Waals surface area contributed by atoms with Crippen molar-refractivity contribution in [3.05, 3.63) is 101 Å². The van der Waals surface area contributed by atoms with Gasteiger partial charge in [-0.1, -0.05) is 57.2 Å². The molecule has 14 heteroatoms. The van der Waals surface area contributed by atoms with E-state index in [1.165, 1.54) is 17.7 Å². The molecule has 13 nitrogen and oxygen atoms in total. The van der Waals surface area contributed by atoms with Crippen molar-refractivity contribution in [1.29, 1.82) is 0 Å². The predicted molar refractivity (Wildman–Crippen MR) is 204 cm³/mol. The Morgan fingerprint density at radius 1 is 1.06 bits per heavy atom. The number of carbonyl (C=O) groups excluding carboxylic acids is 1. The molecule has 3 aromatic carbocycles. The summed E-state index contributed by atoms with van der Waals surface area (Å²) in [6.45, 7) is 12.5. The van der Waals surface area contributed by atoms with Crippen LogP contribution in [0.3, 0.4) is 0 Å². The molecule has 4 aromatic rings. The molecule has 1 aliphatic rings. The third-order valence-electron chi connectivity index (χ3n) is 8.96. The van der Waals surface area contributed by atoms with Crippen LogP contribution in [0, 0.1) is 6.92 Å². The number of nitrogens with two attached hydrogens (primary N) is 2. The molecule has 5 rings (SSSR count). The average molecular weight is 717 g/mol. The van der Waals surface area contributed by atoms with Gasteiger partial charge in [0.1, 0.15) is 6.20 Å². The van der Waals surface area contributed by atoms with E-state index < -0.39 is 15.9 Å². The van der Waals surface area contributed by atoms with Crippen LogP contribution in [0.15, 0.2) is 73.1 Å². The standard InChI is InChI=1S/C37H49N9O4S/c1-25-13-14-27(35(47)41-30-20-28(37(2,3)4)21-31(34(30)50-6)42-51(7,48)49)19-32(25)46(39)24-29(38)33-22-40-36(43(33)5)45-17-15-44(16-18-45)23-26-11-9-8-10-12-26/h8-14,19-22,24,42H,15-18,23,38-39H2,1-7H3,(H,41,47)/p+1/b29-24-. The maximum atomic E-state index is 13.7. The smallest absolute Gasteiger partial charge is 0.357 e. The van der Waals surface area contributed by atoms with E-state index in [9.17, 15) is 13.2 Å². The van der Waals surface area contributed by atoms with Gasteiger partial charge in [-0.3, -0.25) is 24.3 Å². The van der Waals surface area contributed by atoms with Gasteiger partial charge in [-0.15, -0.1) is 0 Å². The fourth-order valence-corrected chi connectivity index (χ4v) is 6.69. The van der Waals surface area contributed by atoms with E-state index in [0.29, 0.717) is 22.6 Å². The lowest BCUT2D eigenvalue weighted by molar-refractivity contribution is -0.659. The van der Waals surface area contributed by atoms with Crippen LogP contribution in [-0.2, 0) is 29.0 Å². The van der Waals surface area contributed by atoms with E-state index in [2.05, 4.69) is 49.1 Å². The van der Waals surface area contributed by atoms with Crippen LogP contribution in [0.5, 0.6) is 5.75 Å². The number of aryl methyl sites for hydroxylation is 1. The Morgan fingerprint density at radius 2 is 1.73 bits per heavy atom. The number of methoxy groups -OCH3 is 1. The second kappa shape index (κ2) is 15.1. The maximum Gasteiger partial charge on any atom is 0.357 e. The molecular weight excluding hydrogens is 667 g/mol. The Balaban J connectivity index is 1.32. The van der Waals surface area contributed by atoms with Gasteiger partial charge in [0.2, 0.25) is 10.0 Å². The van der Waals surface area contributed by atoms with Gasteiger partial charge in [0.05, 0.1) is 56.3 Å². The molecule has 1 amide bonds. The number of imidazole rings is 1. The zero-order valence-corrected chi connectivity index (χ0v) is 31.3. The summed E-state index contributed by atoms with van der Waals surface area (Å²) < 4.78 is 34.4. The summed E-state index contributed by atoms with van der Waals surface area (Å²) in [5.41, 5.74) is 11.9. The van der Waals surface area contributed by atoms with Crippen molar-refractivity contribution in [2.45, 2.75) is 39.7 Å². The minimum absolute atomic E-state index is 0.193. The number of anilines is 4. The van der Waals surface area contributed by atoms with Crippen LogP contribution >= 0.6 is 0 Å². The first-order valence-electron chi connectivity index (χ1n) is 16.8. The van der Waals surface area contributed by atoms with Crippen LogP contribution in [0.4, 0.5) is 23.0 Å². The van der Waals surface area contributed by atoms with E-state index in [1.54, 1.807) is 36.5 Å². The van der Waals surface area contributed by atoms with Crippen LogP contribution in [0.2, 0.25) is 0 Å². The number of sulfonamides is 1. The Labute approximate surface area is 300 Å². The molecule has 1 saturated heterocycles. The molecule has 0 unspecified atom stereocenters. The van der Waals surface area contributed by atoms with Gasteiger partial charge in [0, 0.05) is 31.4 Å². The molecule has 7 N–H and O–H groups in total. The summed E-state index contributed by atoms with van der Waals surface area (Å²) in [6.07, 6.45) is 4.56. The van der Waals surface area contributed by atoms with Crippen molar-refractivity contribution in [3.8, 4) is 5.75 Å². The number of piperazine rings is 1. The van der Waals surface area contributed by atoms with E-state index >= 15 is 0 Å². The van der Waals surface area contributed by atoms with Crippen molar-refractivity contribution < 1.29 is 22.5 Å². The normalized spacial score (nSPS) is 14.4. The summed E-state index contributed by atoms with van der Waals surface area (Å²) in [5, 5.41) is 4.32.